The zero-order chi connectivity index (χ0) is 11.6. The quantitative estimate of drug-likeness (QED) is 0.548. The molecule has 0 fully saturated rings. The third-order valence-corrected chi connectivity index (χ3v) is 3.49. The van der Waals surface area contributed by atoms with E-state index in [0.29, 0.717) is 0 Å². The molecule has 0 atom stereocenters. The van der Waals surface area contributed by atoms with Gasteiger partial charge in [-0.3, -0.25) is 0 Å². The SMILES string of the molecule is CN(C)S(=O)(=O)c1ccc([N+](=O)[O-])nc1. The first-order chi connectivity index (χ1) is 6.85. The van der Waals surface area contributed by atoms with Crippen LogP contribution in [0, 0.1) is 10.1 Å². The van der Waals surface area contributed by atoms with Crippen LogP contribution in [0.3, 0.4) is 0 Å². The molecular formula is C7H9N3O4S. The Hall–Kier alpha value is -1.54. The Morgan fingerprint density at radius 1 is 1.40 bits per heavy atom. The van der Waals surface area contributed by atoms with Gasteiger partial charge in [0.25, 0.3) is 0 Å². The van der Waals surface area contributed by atoms with Crippen molar-refractivity contribution in [2.75, 3.05) is 14.1 Å². The standard InChI is InChI=1S/C7H9N3O4S/c1-9(2)15(13,14)6-3-4-7(8-5-6)10(11)12/h3-5H,1-2H3. The summed E-state index contributed by atoms with van der Waals surface area (Å²) in [6.45, 7) is 0. The van der Waals surface area contributed by atoms with Crippen molar-refractivity contribution >= 4 is 15.8 Å². The lowest BCUT2D eigenvalue weighted by Gasteiger charge is -2.09. The van der Waals surface area contributed by atoms with E-state index in [1.807, 2.05) is 0 Å². The summed E-state index contributed by atoms with van der Waals surface area (Å²) < 4.78 is 24.1. The van der Waals surface area contributed by atoms with Crippen LogP contribution in [0.25, 0.3) is 0 Å². The Morgan fingerprint density at radius 2 is 2.00 bits per heavy atom. The molecule has 0 unspecified atom stereocenters. The van der Waals surface area contributed by atoms with Gasteiger partial charge in [0.15, 0.2) is 6.20 Å². The van der Waals surface area contributed by atoms with Crippen LogP contribution < -0.4 is 0 Å². The van der Waals surface area contributed by atoms with Gasteiger partial charge in [0.2, 0.25) is 10.0 Å². The topological polar surface area (TPSA) is 93.4 Å². The van der Waals surface area contributed by atoms with Gasteiger partial charge >= 0.3 is 5.82 Å². The molecule has 0 bridgehead atoms. The molecule has 1 aromatic rings. The Labute approximate surface area is 86.6 Å². The molecule has 0 saturated carbocycles. The molecule has 1 heterocycles. The second kappa shape index (κ2) is 3.91. The summed E-state index contributed by atoms with van der Waals surface area (Å²) in [4.78, 5) is 12.9. The molecule has 0 spiro atoms. The molecule has 0 aliphatic heterocycles. The molecule has 15 heavy (non-hydrogen) atoms. The molecule has 0 amide bonds. The van der Waals surface area contributed by atoms with Crippen LogP contribution in [0.5, 0.6) is 0 Å². The Kier molecular flexibility index (Phi) is 3.01. The van der Waals surface area contributed by atoms with Crippen LogP contribution in [-0.2, 0) is 10.0 Å². The van der Waals surface area contributed by atoms with Gasteiger partial charge in [-0.25, -0.2) is 12.7 Å². The molecule has 0 aliphatic rings. The lowest BCUT2D eigenvalue weighted by Crippen LogP contribution is -2.22. The largest absolute Gasteiger partial charge is 0.363 e. The van der Waals surface area contributed by atoms with E-state index in [0.717, 1.165) is 22.6 Å². The maximum Gasteiger partial charge on any atom is 0.363 e. The van der Waals surface area contributed by atoms with E-state index in [1.165, 1.54) is 14.1 Å². The molecule has 0 radical (unpaired) electrons. The Balaban J connectivity index is 3.15. The molecule has 0 aromatic carbocycles. The number of nitrogens with zero attached hydrogens (tertiary/aromatic N) is 3. The van der Waals surface area contributed by atoms with E-state index in [2.05, 4.69) is 4.98 Å². The van der Waals surface area contributed by atoms with E-state index in [4.69, 9.17) is 0 Å². The van der Waals surface area contributed by atoms with Gasteiger partial charge in [0, 0.05) is 20.2 Å². The predicted molar refractivity (Wildman–Crippen MR) is 51.8 cm³/mol. The van der Waals surface area contributed by atoms with Gasteiger partial charge in [0.05, 0.1) is 0 Å². The lowest BCUT2D eigenvalue weighted by atomic mass is 10.5. The summed E-state index contributed by atoms with van der Waals surface area (Å²) in [5, 5.41) is 10.3. The number of nitro groups is 1. The van der Waals surface area contributed by atoms with Crippen LogP contribution in [0.4, 0.5) is 5.82 Å². The molecule has 82 valence electrons. The minimum absolute atomic E-state index is 0.0712. The highest BCUT2D eigenvalue weighted by Crippen LogP contribution is 2.14. The van der Waals surface area contributed by atoms with Gasteiger partial charge in [0.1, 0.15) is 4.90 Å². The number of aromatic nitrogens is 1. The summed E-state index contributed by atoms with van der Waals surface area (Å²) >= 11 is 0. The normalized spacial score (nSPS) is 11.7. The number of hydrogen-bond donors (Lipinski definition) is 0. The molecule has 0 N–H and O–H groups in total. The smallest absolute Gasteiger partial charge is 0.358 e. The summed E-state index contributed by atoms with van der Waals surface area (Å²) in [5.74, 6) is -0.382. The molecule has 0 saturated heterocycles. The fourth-order valence-corrected chi connectivity index (χ4v) is 1.69. The minimum Gasteiger partial charge on any atom is -0.358 e. The van der Waals surface area contributed by atoms with Crippen molar-refractivity contribution in [3.8, 4) is 0 Å². The van der Waals surface area contributed by atoms with Crippen molar-refractivity contribution < 1.29 is 13.3 Å². The van der Waals surface area contributed by atoms with Crippen molar-refractivity contribution in [3.05, 3.63) is 28.4 Å². The predicted octanol–water partition coefficient (Wildman–Crippen LogP) is 0.240. The maximum atomic E-state index is 11.5. The highest BCUT2D eigenvalue weighted by Gasteiger charge is 2.20. The van der Waals surface area contributed by atoms with Crippen LogP contribution in [0.2, 0.25) is 0 Å². The first kappa shape index (κ1) is 11.5. The number of pyridine rings is 1. The first-order valence-electron chi connectivity index (χ1n) is 3.88. The summed E-state index contributed by atoms with van der Waals surface area (Å²) in [7, 11) is -0.828. The van der Waals surface area contributed by atoms with Gasteiger partial charge < -0.3 is 10.1 Å². The van der Waals surface area contributed by atoms with Crippen molar-refractivity contribution in [1.82, 2.24) is 9.29 Å². The fraction of sp³-hybridized carbons (Fsp3) is 0.286. The van der Waals surface area contributed by atoms with Crippen molar-refractivity contribution in [2.45, 2.75) is 4.90 Å². The van der Waals surface area contributed by atoms with Crippen LogP contribution in [0.1, 0.15) is 0 Å². The van der Waals surface area contributed by atoms with E-state index in [1.54, 1.807) is 0 Å². The Morgan fingerprint density at radius 3 is 2.33 bits per heavy atom. The van der Waals surface area contributed by atoms with E-state index < -0.39 is 14.9 Å². The van der Waals surface area contributed by atoms with E-state index >= 15 is 0 Å². The zero-order valence-electron chi connectivity index (χ0n) is 8.11. The summed E-state index contributed by atoms with van der Waals surface area (Å²) in [5.41, 5.74) is 0. The number of hydrogen-bond acceptors (Lipinski definition) is 5. The van der Waals surface area contributed by atoms with Crippen LogP contribution in [0.15, 0.2) is 23.2 Å². The molecule has 1 aromatic heterocycles. The van der Waals surface area contributed by atoms with Crippen molar-refractivity contribution in [1.29, 1.82) is 0 Å². The molecular weight excluding hydrogens is 222 g/mol. The highest BCUT2D eigenvalue weighted by molar-refractivity contribution is 7.89. The van der Waals surface area contributed by atoms with Gasteiger partial charge in [-0.2, -0.15) is 0 Å². The molecule has 1 rings (SSSR count). The number of sulfonamides is 1. The number of rotatable bonds is 3. The fourth-order valence-electron chi connectivity index (χ4n) is 0.844. The van der Waals surface area contributed by atoms with Crippen molar-refractivity contribution in [2.24, 2.45) is 0 Å². The van der Waals surface area contributed by atoms with Gasteiger partial charge in [-0.15, -0.1) is 0 Å². The third-order valence-electron chi connectivity index (χ3n) is 1.69. The van der Waals surface area contributed by atoms with Crippen LogP contribution >= 0.6 is 0 Å². The first-order valence-corrected chi connectivity index (χ1v) is 5.32. The minimum atomic E-state index is -3.57. The average molecular weight is 231 g/mol. The van der Waals surface area contributed by atoms with Crippen molar-refractivity contribution in [3.63, 3.8) is 0 Å². The third kappa shape index (κ3) is 2.28. The monoisotopic (exact) mass is 231 g/mol. The maximum absolute atomic E-state index is 11.5. The molecule has 0 aliphatic carbocycles. The highest BCUT2D eigenvalue weighted by atomic mass is 32.2. The van der Waals surface area contributed by atoms with Gasteiger partial charge in [-0.1, -0.05) is 0 Å². The summed E-state index contributed by atoms with van der Waals surface area (Å²) in [6.07, 6.45) is 0.966. The van der Waals surface area contributed by atoms with E-state index in [9.17, 15) is 18.5 Å². The second-order valence-corrected chi connectivity index (χ2v) is 5.05. The summed E-state index contributed by atoms with van der Waals surface area (Å²) in [6, 6.07) is 2.21. The molecule has 7 nitrogen and oxygen atoms in total. The van der Waals surface area contributed by atoms with E-state index in [-0.39, 0.29) is 10.7 Å². The average Bonchev–Trinajstić information content (AvgIpc) is 2.17. The van der Waals surface area contributed by atoms with Crippen LogP contribution in [-0.4, -0.2) is 36.7 Å². The Bertz CT molecular complexity index is 466. The lowest BCUT2D eigenvalue weighted by molar-refractivity contribution is -0.389. The molecule has 8 heteroatoms. The van der Waals surface area contributed by atoms with Gasteiger partial charge in [-0.05, 0) is 16.0 Å². The second-order valence-electron chi connectivity index (χ2n) is 2.90. The zero-order valence-corrected chi connectivity index (χ0v) is 8.93.